The molecule has 25 heavy (non-hydrogen) atoms. The summed E-state index contributed by atoms with van der Waals surface area (Å²) in [6.45, 7) is 1.72. The number of benzene rings is 2. The average Bonchev–Trinajstić information content (AvgIpc) is 2.61. The lowest BCUT2D eigenvalue weighted by atomic mass is 10.1. The second kappa shape index (κ2) is 7.17. The van der Waals surface area contributed by atoms with E-state index in [0.717, 1.165) is 11.3 Å². The smallest absolute Gasteiger partial charge is 0.255 e. The second-order valence-electron chi connectivity index (χ2n) is 5.37. The molecule has 0 saturated heterocycles. The molecule has 7 heteroatoms. The predicted molar refractivity (Wildman–Crippen MR) is 101 cm³/mol. The van der Waals surface area contributed by atoms with Crippen LogP contribution < -0.4 is 15.6 Å². The summed E-state index contributed by atoms with van der Waals surface area (Å²) >= 11 is 12.1. The first-order valence-electron chi connectivity index (χ1n) is 7.45. The molecule has 1 heterocycles. The first kappa shape index (κ1) is 17.3. The summed E-state index contributed by atoms with van der Waals surface area (Å²) in [5, 5.41) is 4.00. The molecular weight excluding hydrogens is 361 g/mol. The minimum atomic E-state index is -0.235. The average molecular weight is 376 g/mol. The number of nitrogens with zero attached hydrogens (tertiary/aromatic N) is 1. The zero-order valence-electron chi connectivity index (χ0n) is 13.6. The summed E-state index contributed by atoms with van der Waals surface area (Å²) in [4.78, 5) is 19.5. The highest BCUT2D eigenvalue weighted by atomic mass is 35.5. The maximum atomic E-state index is 12.3. The molecule has 0 unspecified atom stereocenters. The minimum absolute atomic E-state index is 0.235. The van der Waals surface area contributed by atoms with Crippen molar-refractivity contribution in [2.45, 2.75) is 6.92 Å². The summed E-state index contributed by atoms with van der Waals surface area (Å²) in [5.74, 6) is 1.01. The van der Waals surface area contributed by atoms with E-state index in [0.29, 0.717) is 27.0 Å². The van der Waals surface area contributed by atoms with Crippen LogP contribution in [-0.4, -0.2) is 17.1 Å². The summed E-state index contributed by atoms with van der Waals surface area (Å²) in [5.41, 5.74) is 2.23. The number of anilines is 2. The fraction of sp³-hybridized carbons (Fsp3) is 0.111. The van der Waals surface area contributed by atoms with E-state index >= 15 is 0 Å². The van der Waals surface area contributed by atoms with E-state index in [2.05, 4.69) is 15.3 Å². The van der Waals surface area contributed by atoms with Gasteiger partial charge in [-0.05, 0) is 49.4 Å². The van der Waals surface area contributed by atoms with Crippen LogP contribution in [0.3, 0.4) is 0 Å². The summed E-state index contributed by atoms with van der Waals surface area (Å²) in [6, 6.07) is 12.4. The van der Waals surface area contributed by atoms with Crippen LogP contribution in [0.1, 0.15) is 5.56 Å². The van der Waals surface area contributed by atoms with Gasteiger partial charge in [0.2, 0.25) is 5.95 Å². The van der Waals surface area contributed by atoms with E-state index < -0.39 is 0 Å². The van der Waals surface area contributed by atoms with Gasteiger partial charge in [0.15, 0.2) is 0 Å². The van der Waals surface area contributed by atoms with Crippen LogP contribution in [0.25, 0.3) is 11.3 Å². The largest absolute Gasteiger partial charge is 0.497 e. The van der Waals surface area contributed by atoms with Crippen LogP contribution in [0.4, 0.5) is 11.6 Å². The van der Waals surface area contributed by atoms with Gasteiger partial charge in [-0.2, -0.15) is 0 Å². The van der Waals surface area contributed by atoms with Crippen molar-refractivity contribution >= 4 is 34.8 Å². The molecule has 1 aromatic heterocycles. The Kier molecular flexibility index (Phi) is 4.97. The van der Waals surface area contributed by atoms with Gasteiger partial charge >= 0.3 is 0 Å². The number of methoxy groups -OCH3 is 1. The Morgan fingerprint density at radius 3 is 2.52 bits per heavy atom. The van der Waals surface area contributed by atoms with Gasteiger partial charge in [-0.3, -0.25) is 9.78 Å². The van der Waals surface area contributed by atoms with Gasteiger partial charge in [-0.25, -0.2) is 4.98 Å². The number of hydrogen-bond donors (Lipinski definition) is 2. The number of hydrogen-bond acceptors (Lipinski definition) is 4. The van der Waals surface area contributed by atoms with Gasteiger partial charge < -0.3 is 10.1 Å². The van der Waals surface area contributed by atoms with Crippen molar-refractivity contribution in [3.05, 3.63) is 68.4 Å². The van der Waals surface area contributed by atoms with Crippen molar-refractivity contribution in [1.82, 2.24) is 9.97 Å². The third-order valence-electron chi connectivity index (χ3n) is 3.70. The van der Waals surface area contributed by atoms with Crippen molar-refractivity contribution in [1.29, 1.82) is 0 Å². The van der Waals surface area contributed by atoms with Crippen molar-refractivity contribution < 1.29 is 4.74 Å². The summed E-state index contributed by atoms with van der Waals surface area (Å²) < 4.78 is 5.16. The zero-order valence-corrected chi connectivity index (χ0v) is 15.1. The maximum absolute atomic E-state index is 12.3. The van der Waals surface area contributed by atoms with Crippen LogP contribution in [0, 0.1) is 6.92 Å². The van der Waals surface area contributed by atoms with Crippen molar-refractivity contribution in [2.75, 3.05) is 12.4 Å². The molecule has 128 valence electrons. The van der Waals surface area contributed by atoms with Crippen LogP contribution >= 0.6 is 23.2 Å². The fourth-order valence-corrected chi connectivity index (χ4v) is 2.68. The Morgan fingerprint density at radius 2 is 1.84 bits per heavy atom. The fourth-order valence-electron chi connectivity index (χ4n) is 2.34. The molecule has 0 radical (unpaired) electrons. The Bertz CT molecular complexity index is 969. The van der Waals surface area contributed by atoms with E-state index in [1.165, 1.54) is 0 Å². The molecule has 0 amide bonds. The van der Waals surface area contributed by atoms with Crippen molar-refractivity contribution in [3.63, 3.8) is 0 Å². The number of aromatic nitrogens is 2. The lowest BCUT2D eigenvalue weighted by Gasteiger charge is -2.11. The standard InChI is InChI=1S/C18H15Cl2N3O2/c1-10-16(11-3-6-13(25-2)7-4-11)22-18(23-17(10)24)21-15-9-12(19)5-8-14(15)20/h3-9H,1-2H3,(H2,21,22,23,24). The van der Waals surface area contributed by atoms with Crippen LogP contribution in [-0.2, 0) is 0 Å². The number of ether oxygens (including phenoxy) is 1. The Labute approximate surface area is 154 Å². The first-order chi connectivity index (χ1) is 12.0. The molecule has 5 nitrogen and oxygen atoms in total. The molecule has 0 fully saturated rings. The molecule has 2 N–H and O–H groups in total. The topological polar surface area (TPSA) is 67.0 Å². The number of H-pyrrole nitrogens is 1. The van der Waals surface area contributed by atoms with Gasteiger partial charge in [-0.1, -0.05) is 23.2 Å². The Balaban J connectivity index is 2.03. The van der Waals surface area contributed by atoms with E-state index in [1.54, 1.807) is 32.2 Å². The number of rotatable bonds is 4. The van der Waals surface area contributed by atoms with Gasteiger partial charge in [0, 0.05) is 16.1 Å². The minimum Gasteiger partial charge on any atom is -0.497 e. The van der Waals surface area contributed by atoms with Crippen LogP contribution in [0.2, 0.25) is 10.0 Å². The van der Waals surface area contributed by atoms with Gasteiger partial charge in [0.05, 0.1) is 23.5 Å². The number of aromatic amines is 1. The molecule has 0 aliphatic heterocycles. The molecule has 2 aromatic carbocycles. The summed E-state index contributed by atoms with van der Waals surface area (Å²) in [7, 11) is 1.60. The molecular formula is C18H15Cl2N3O2. The normalized spacial score (nSPS) is 10.6. The Morgan fingerprint density at radius 1 is 1.12 bits per heavy atom. The van der Waals surface area contributed by atoms with Gasteiger partial charge in [0.1, 0.15) is 5.75 Å². The maximum Gasteiger partial charge on any atom is 0.255 e. The monoisotopic (exact) mass is 375 g/mol. The van der Waals surface area contributed by atoms with E-state index in [1.807, 2.05) is 24.3 Å². The molecule has 3 aromatic rings. The quantitative estimate of drug-likeness (QED) is 0.686. The predicted octanol–water partition coefficient (Wildman–Crippen LogP) is 4.80. The molecule has 0 spiro atoms. The highest BCUT2D eigenvalue weighted by Gasteiger charge is 2.11. The zero-order chi connectivity index (χ0) is 18.0. The van der Waals surface area contributed by atoms with Gasteiger partial charge in [0.25, 0.3) is 5.56 Å². The first-order valence-corrected chi connectivity index (χ1v) is 8.21. The van der Waals surface area contributed by atoms with Crippen molar-refractivity contribution in [2.24, 2.45) is 0 Å². The van der Waals surface area contributed by atoms with Crippen LogP contribution in [0.15, 0.2) is 47.3 Å². The van der Waals surface area contributed by atoms with E-state index in [-0.39, 0.29) is 11.5 Å². The lowest BCUT2D eigenvalue weighted by molar-refractivity contribution is 0.415. The SMILES string of the molecule is COc1ccc(-c2nc(Nc3cc(Cl)ccc3Cl)[nH]c(=O)c2C)cc1. The Hall–Kier alpha value is -2.50. The highest BCUT2D eigenvalue weighted by Crippen LogP contribution is 2.28. The van der Waals surface area contributed by atoms with Gasteiger partial charge in [-0.15, -0.1) is 0 Å². The third-order valence-corrected chi connectivity index (χ3v) is 4.26. The summed E-state index contributed by atoms with van der Waals surface area (Å²) in [6.07, 6.45) is 0. The highest BCUT2D eigenvalue weighted by molar-refractivity contribution is 6.35. The van der Waals surface area contributed by atoms with E-state index in [4.69, 9.17) is 27.9 Å². The van der Waals surface area contributed by atoms with E-state index in [9.17, 15) is 4.79 Å². The number of halogens is 2. The molecule has 0 aliphatic rings. The molecule has 0 bridgehead atoms. The third kappa shape index (κ3) is 3.78. The van der Waals surface area contributed by atoms with Crippen LogP contribution in [0.5, 0.6) is 5.75 Å². The van der Waals surface area contributed by atoms with Crippen molar-refractivity contribution in [3.8, 4) is 17.0 Å². The molecule has 0 atom stereocenters. The molecule has 0 saturated carbocycles. The number of nitrogens with one attached hydrogen (secondary N) is 2. The molecule has 3 rings (SSSR count). The lowest BCUT2D eigenvalue weighted by Crippen LogP contribution is -2.15. The second-order valence-corrected chi connectivity index (χ2v) is 6.21. The molecule has 0 aliphatic carbocycles.